The molecule has 0 saturated carbocycles. The molecule has 0 bridgehead atoms. The number of hydrogen-bond acceptors (Lipinski definition) is 1. The van der Waals surface area contributed by atoms with Gasteiger partial charge in [0.1, 0.15) is 0 Å². The van der Waals surface area contributed by atoms with E-state index in [1.807, 2.05) is 0 Å². The largest absolute Gasteiger partial charge is 0.381 e. The van der Waals surface area contributed by atoms with Crippen LogP contribution >= 0.6 is 0 Å². The second-order valence-corrected chi connectivity index (χ2v) is 6.04. The van der Waals surface area contributed by atoms with Crippen LogP contribution in [0.15, 0.2) is 30.3 Å². The van der Waals surface area contributed by atoms with Gasteiger partial charge in [0.25, 0.3) is 0 Å². The smallest absolute Gasteiger partial charge is 0.0403 e. The van der Waals surface area contributed by atoms with Crippen molar-refractivity contribution in [3.8, 4) is 0 Å². The molecule has 0 fully saturated rings. The van der Waals surface area contributed by atoms with Crippen LogP contribution in [0.3, 0.4) is 0 Å². The van der Waals surface area contributed by atoms with Gasteiger partial charge in [-0.15, -0.1) is 0 Å². The minimum absolute atomic E-state index is 0.509. The zero-order chi connectivity index (χ0) is 14.3. The Morgan fingerprint density at radius 1 is 1.00 bits per heavy atom. The van der Waals surface area contributed by atoms with Gasteiger partial charge >= 0.3 is 0 Å². The summed E-state index contributed by atoms with van der Waals surface area (Å²) in [6.07, 6.45) is 1.15. The number of rotatable bonds is 1. The molecule has 1 N–H and O–H groups in total. The van der Waals surface area contributed by atoms with Crippen LogP contribution in [0.25, 0.3) is 0 Å². The number of hydrogen-bond donors (Lipinski definition) is 1. The van der Waals surface area contributed by atoms with E-state index in [9.17, 15) is 0 Å². The summed E-state index contributed by atoms with van der Waals surface area (Å²) < 4.78 is 0. The topological polar surface area (TPSA) is 12.0 Å². The first-order valence-corrected chi connectivity index (χ1v) is 7.54. The van der Waals surface area contributed by atoms with Crippen LogP contribution in [0.2, 0.25) is 0 Å². The molecule has 0 saturated heterocycles. The van der Waals surface area contributed by atoms with Gasteiger partial charge in [-0.1, -0.05) is 36.8 Å². The van der Waals surface area contributed by atoms with Crippen molar-refractivity contribution >= 4 is 5.69 Å². The first-order chi connectivity index (χ1) is 9.60. The molecule has 0 aromatic heterocycles. The molecule has 1 heterocycles. The van der Waals surface area contributed by atoms with Gasteiger partial charge in [0.05, 0.1) is 0 Å². The fourth-order valence-corrected chi connectivity index (χ4v) is 3.31. The van der Waals surface area contributed by atoms with E-state index in [1.165, 1.54) is 39.1 Å². The van der Waals surface area contributed by atoms with Crippen molar-refractivity contribution in [1.29, 1.82) is 0 Å². The maximum Gasteiger partial charge on any atom is 0.0403 e. The Balaban J connectivity index is 2.21. The molecule has 1 aliphatic heterocycles. The van der Waals surface area contributed by atoms with Crippen LogP contribution in [0, 0.1) is 20.8 Å². The minimum atomic E-state index is 0.509. The number of fused-ring (bicyclic) bond motifs is 2. The number of aryl methyl sites for hydroxylation is 3. The van der Waals surface area contributed by atoms with Gasteiger partial charge in [-0.3, -0.25) is 0 Å². The molecule has 2 aromatic rings. The molecule has 2 aromatic carbocycles. The van der Waals surface area contributed by atoms with Crippen molar-refractivity contribution in [2.45, 2.75) is 46.6 Å². The Morgan fingerprint density at radius 3 is 2.50 bits per heavy atom. The third-order valence-corrected chi connectivity index (χ3v) is 4.59. The van der Waals surface area contributed by atoms with Crippen LogP contribution in [0.5, 0.6) is 0 Å². The molecule has 3 rings (SSSR count). The molecule has 1 heteroatoms. The van der Waals surface area contributed by atoms with Crippen molar-refractivity contribution in [2.75, 3.05) is 5.32 Å². The van der Waals surface area contributed by atoms with Crippen molar-refractivity contribution in [1.82, 2.24) is 0 Å². The van der Waals surface area contributed by atoms with Gasteiger partial charge in [-0.25, -0.2) is 0 Å². The molecule has 1 atom stereocenters. The van der Waals surface area contributed by atoms with Gasteiger partial charge < -0.3 is 5.32 Å². The number of benzene rings is 2. The lowest BCUT2D eigenvalue weighted by molar-refractivity contribution is 0.774. The van der Waals surface area contributed by atoms with E-state index in [-0.39, 0.29) is 0 Å². The second kappa shape index (κ2) is 4.97. The molecular weight excluding hydrogens is 242 g/mol. The quantitative estimate of drug-likeness (QED) is 0.758. The van der Waals surface area contributed by atoms with E-state index in [1.54, 1.807) is 0 Å². The number of anilines is 1. The van der Waals surface area contributed by atoms with E-state index in [0.717, 1.165) is 13.0 Å². The van der Waals surface area contributed by atoms with Gasteiger partial charge in [0.15, 0.2) is 0 Å². The molecule has 20 heavy (non-hydrogen) atoms. The Morgan fingerprint density at radius 2 is 1.75 bits per heavy atom. The average molecular weight is 265 g/mol. The molecule has 1 nitrogen and oxygen atoms in total. The molecule has 1 unspecified atom stereocenters. The normalized spacial score (nSPS) is 16.9. The molecule has 0 radical (unpaired) electrons. The SMILES string of the molecule is CCC1c2cc(C)c(C)cc2CNc2ccc(C)cc21. The van der Waals surface area contributed by atoms with E-state index >= 15 is 0 Å². The van der Waals surface area contributed by atoms with Crippen molar-refractivity contribution in [3.05, 3.63) is 63.7 Å². The van der Waals surface area contributed by atoms with Crippen molar-refractivity contribution in [3.63, 3.8) is 0 Å². The summed E-state index contributed by atoms with van der Waals surface area (Å²) in [4.78, 5) is 0. The molecule has 104 valence electrons. The highest BCUT2D eigenvalue weighted by Crippen LogP contribution is 2.39. The summed E-state index contributed by atoms with van der Waals surface area (Å²) >= 11 is 0. The summed E-state index contributed by atoms with van der Waals surface area (Å²) in [5.74, 6) is 0.509. The van der Waals surface area contributed by atoms with E-state index in [0.29, 0.717) is 5.92 Å². The third kappa shape index (κ3) is 2.11. The Labute approximate surface area is 122 Å². The summed E-state index contributed by atoms with van der Waals surface area (Å²) in [7, 11) is 0. The van der Waals surface area contributed by atoms with Crippen LogP contribution in [0.4, 0.5) is 5.69 Å². The van der Waals surface area contributed by atoms with Crippen molar-refractivity contribution in [2.24, 2.45) is 0 Å². The fraction of sp³-hybridized carbons (Fsp3) is 0.368. The standard InChI is InChI=1S/C19H23N/c1-5-16-17-10-14(4)13(3)9-15(17)11-20-19-7-6-12(2)8-18(16)19/h6-10,16,20H,5,11H2,1-4H3. The molecule has 0 amide bonds. The highest BCUT2D eigenvalue weighted by molar-refractivity contribution is 5.60. The monoisotopic (exact) mass is 265 g/mol. The lowest BCUT2D eigenvalue weighted by Crippen LogP contribution is -2.03. The maximum absolute atomic E-state index is 3.62. The van der Waals surface area contributed by atoms with E-state index < -0.39 is 0 Å². The third-order valence-electron chi connectivity index (χ3n) is 4.59. The Bertz CT molecular complexity index is 655. The van der Waals surface area contributed by atoms with Gasteiger partial charge in [0, 0.05) is 18.2 Å². The van der Waals surface area contributed by atoms with Gasteiger partial charge in [-0.2, -0.15) is 0 Å². The summed E-state index contributed by atoms with van der Waals surface area (Å²) in [6.45, 7) is 9.83. The van der Waals surface area contributed by atoms with Crippen LogP contribution in [0.1, 0.15) is 52.6 Å². The van der Waals surface area contributed by atoms with E-state index in [4.69, 9.17) is 0 Å². The maximum atomic E-state index is 3.62. The fourth-order valence-electron chi connectivity index (χ4n) is 3.31. The zero-order valence-electron chi connectivity index (χ0n) is 12.9. The van der Waals surface area contributed by atoms with E-state index in [2.05, 4.69) is 63.3 Å². The molecular formula is C19H23N. The molecule has 0 aliphatic carbocycles. The molecule has 1 aliphatic rings. The first kappa shape index (κ1) is 13.2. The summed E-state index contributed by atoms with van der Waals surface area (Å²) in [5, 5.41) is 3.62. The van der Waals surface area contributed by atoms with Gasteiger partial charge in [0.2, 0.25) is 0 Å². The van der Waals surface area contributed by atoms with Gasteiger partial charge in [-0.05, 0) is 61.1 Å². The molecule has 0 spiro atoms. The van der Waals surface area contributed by atoms with Crippen molar-refractivity contribution < 1.29 is 0 Å². The summed E-state index contributed by atoms with van der Waals surface area (Å²) in [5.41, 5.74) is 9.85. The second-order valence-electron chi connectivity index (χ2n) is 6.04. The lowest BCUT2D eigenvalue weighted by Gasteiger charge is -2.20. The number of nitrogens with one attached hydrogen (secondary N) is 1. The zero-order valence-corrected chi connectivity index (χ0v) is 12.9. The van der Waals surface area contributed by atoms with Crippen LogP contribution < -0.4 is 5.32 Å². The minimum Gasteiger partial charge on any atom is -0.381 e. The predicted octanol–water partition coefficient (Wildman–Crippen LogP) is 5.08. The lowest BCUT2D eigenvalue weighted by atomic mass is 9.84. The van der Waals surface area contributed by atoms with Crippen LogP contribution in [-0.2, 0) is 6.54 Å². The highest BCUT2D eigenvalue weighted by Gasteiger charge is 2.22. The first-order valence-electron chi connectivity index (χ1n) is 7.54. The predicted molar refractivity (Wildman–Crippen MR) is 86.6 cm³/mol. The summed E-state index contributed by atoms with van der Waals surface area (Å²) in [6, 6.07) is 11.5. The Kier molecular flexibility index (Phi) is 3.29. The average Bonchev–Trinajstić information content (AvgIpc) is 2.56. The van der Waals surface area contributed by atoms with Crippen LogP contribution in [-0.4, -0.2) is 0 Å². The highest BCUT2D eigenvalue weighted by atomic mass is 14.9. The Hall–Kier alpha value is -1.76.